The Hall–Kier alpha value is 0.0200. The van der Waals surface area contributed by atoms with Gasteiger partial charge in [-0.2, -0.15) is 17.0 Å². The van der Waals surface area contributed by atoms with Crippen LogP contribution in [0.15, 0.2) is 0 Å². The molecule has 1 aliphatic rings. The van der Waals surface area contributed by atoms with Gasteiger partial charge in [-0.25, -0.2) is 8.78 Å². The quantitative estimate of drug-likeness (QED) is 0.702. The normalized spacial score (nSPS) is 22.9. The van der Waals surface area contributed by atoms with Crippen LogP contribution in [-0.2, 0) is 10.2 Å². The molecule has 1 heterocycles. The fourth-order valence-electron chi connectivity index (χ4n) is 2.07. The number of halogens is 3. The van der Waals surface area contributed by atoms with Crippen molar-refractivity contribution in [1.29, 1.82) is 0 Å². The summed E-state index contributed by atoms with van der Waals surface area (Å²) in [7, 11) is -3.81. The lowest BCUT2D eigenvalue weighted by Gasteiger charge is -2.34. The number of nitrogens with zero attached hydrogens (tertiary/aromatic N) is 2. The van der Waals surface area contributed by atoms with E-state index in [1.54, 1.807) is 0 Å². The van der Waals surface area contributed by atoms with Gasteiger partial charge in [-0.1, -0.05) is 6.92 Å². The third-order valence-corrected chi connectivity index (χ3v) is 5.09. The van der Waals surface area contributed by atoms with Gasteiger partial charge in [0.1, 0.15) is 0 Å². The highest BCUT2D eigenvalue weighted by Crippen LogP contribution is 2.21. The summed E-state index contributed by atoms with van der Waals surface area (Å²) in [5.74, 6) is 0.271. The first-order valence-electron chi connectivity index (χ1n) is 5.97. The zero-order valence-electron chi connectivity index (χ0n) is 10.4. The summed E-state index contributed by atoms with van der Waals surface area (Å²) in [4.78, 5) is 0. The van der Waals surface area contributed by atoms with Crippen molar-refractivity contribution in [2.75, 3.05) is 32.1 Å². The van der Waals surface area contributed by atoms with Crippen molar-refractivity contribution in [3.05, 3.63) is 0 Å². The number of hydrogen-bond acceptors (Lipinski definition) is 2. The molecule has 8 heteroatoms. The lowest BCUT2D eigenvalue weighted by molar-refractivity contribution is 0.117. The van der Waals surface area contributed by atoms with E-state index in [2.05, 4.69) is 0 Å². The molecule has 18 heavy (non-hydrogen) atoms. The molecule has 0 amide bonds. The molecule has 1 rings (SSSR count). The zero-order chi connectivity index (χ0) is 13.8. The van der Waals surface area contributed by atoms with Crippen molar-refractivity contribution >= 4 is 21.8 Å². The predicted molar refractivity (Wildman–Crippen MR) is 67.2 cm³/mol. The largest absolute Gasteiger partial charge is 0.282 e. The third kappa shape index (κ3) is 4.29. The van der Waals surface area contributed by atoms with Gasteiger partial charge in [0.05, 0.1) is 6.54 Å². The standard InChI is InChI=1S/C10H19ClF2N2O2S/c1-9-3-2-5-14(7-9)18(16,17)15(6-4-11)8-10(12)13/h9-10H,2-8H2,1H3. The first-order valence-corrected chi connectivity index (χ1v) is 7.90. The summed E-state index contributed by atoms with van der Waals surface area (Å²) in [5.41, 5.74) is 0. The Labute approximate surface area is 112 Å². The second kappa shape index (κ2) is 6.98. The number of piperidine rings is 1. The van der Waals surface area contributed by atoms with Crippen LogP contribution >= 0.6 is 11.6 Å². The Morgan fingerprint density at radius 3 is 2.67 bits per heavy atom. The van der Waals surface area contributed by atoms with Crippen molar-refractivity contribution in [3.8, 4) is 0 Å². The molecular formula is C10H19ClF2N2O2S. The molecule has 108 valence electrons. The summed E-state index contributed by atoms with van der Waals surface area (Å²) in [6, 6.07) is 0. The van der Waals surface area contributed by atoms with Gasteiger partial charge >= 0.3 is 0 Å². The lowest BCUT2D eigenvalue weighted by atomic mass is 10.0. The van der Waals surface area contributed by atoms with Gasteiger partial charge < -0.3 is 0 Å². The maximum absolute atomic E-state index is 12.4. The predicted octanol–water partition coefficient (Wildman–Crippen LogP) is 1.77. The van der Waals surface area contributed by atoms with E-state index in [0.29, 0.717) is 13.1 Å². The van der Waals surface area contributed by atoms with Crippen LogP contribution in [0.3, 0.4) is 0 Å². The summed E-state index contributed by atoms with van der Waals surface area (Å²) < 4.78 is 51.3. The molecule has 1 saturated heterocycles. The minimum atomic E-state index is -3.81. The molecule has 0 radical (unpaired) electrons. The molecule has 0 aliphatic carbocycles. The molecule has 1 aliphatic heterocycles. The summed E-state index contributed by atoms with van der Waals surface area (Å²) in [6.45, 7) is 1.87. The third-order valence-electron chi connectivity index (χ3n) is 2.95. The topological polar surface area (TPSA) is 40.6 Å². The van der Waals surface area contributed by atoms with E-state index < -0.39 is 23.2 Å². The number of rotatable bonds is 6. The van der Waals surface area contributed by atoms with Crippen LogP contribution in [0.1, 0.15) is 19.8 Å². The first-order chi connectivity index (χ1) is 8.37. The van der Waals surface area contributed by atoms with Crippen LogP contribution in [-0.4, -0.2) is 55.5 Å². The maximum Gasteiger partial charge on any atom is 0.282 e. The zero-order valence-corrected chi connectivity index (χ0v) is 11.9. The van der Waals surface area contributed by atoms with Gasteiger partial charge in [0.15, 0.2) is 0 Å². The number of alkyl halides is 3. The van der Waals surface area contributed by atoms with E-state index in [-0.39, 0.29) is 18.3 Å². The van der Waals surface area contributed by atoms with E-state index in [1.807, 2.05) is 6.92 Å². The molecule has 0 saturated carbocycles. The molecule has 1 unspecified atom stereocenters. The molecule has 1 fully saturated rings. The Balaban J connectivity index is 2.79. The van der Waals surface area contributed by atoms with Gasteiger partial charge in [-0.05, 0) is 18.8 Å². The van der Waals surface area contributed by atoms with Crippen LogP contribution in [0.25, 0.3) is 0 Å². The van der Waals surface area contributed by atoms with Crippen molar-refractivity contribution in [1.82, 2.24) is 8.61 Å². The second-order valence-electron chi connectivity index (χ2n) is 4.55. The average Bonchev–Trinajstić information content (AvgIpc) is 2.28. The van der Waals surface area contributed by atoms with E-state index in [0.717, 1.165) is 17.1 Å². The summed E-state index contributed by atoms with van der Waals surface area (Å²) in [6.07, 6.45) is -0.953. The van der Waals surface area contributed by atoms with Gasteiger partial charge in [-0.3, -0.25) is 0 Å². The molecule has 4 nitrogen and oxygen atoms in total. The van der Waals surface area contributed by atoms with Crippen molar-refractivity contribution < 1.29 is 17.2 Å². The van der Waals surface area contributed by atoms with Crippen molar-refractivity contribution in [3.63, 3.8) is 0 Å². The smallest absolute Gasteiger partial charge is 0.209 e. The molecule has 0 spiro atoms. The van der Waals surface area contributed by atoms with Crippen LogP contribution in [0.4, 0.5) is 8.78 Å². The van der Waals surface area contributed by atoms with E-state index >= 15 is 0 Å². The SMILES string of the molecule is CC1CCCN(S(=O)(=O)N(CCCl)CC(F)F)C1. The van der Waals surface area contributed by atoms with E-state index in [4.69, 9.17) is 11.6 Å². The molecule has 0 aromatic heterocycles. The Bertz CT molecular complexity index is 354. The highest BCUT2D eigenvalue weighted by Gasteiger charge is 2.33. The van der Waals surface area contributed by atoms with Gasteiger partial charge in [0.2, 0.25) is 0 Å². The first kappa shape index (κ1) is 16.1. The Morgan fingerprint density at radius 2 is 2.17 bits per heavy atom. The highest BCUT2D eigenvalue weighted by molar-refractivity contribution is 7.86. The minimum absolute atomic E-state index is 0.00927. The van der Waals surface area contributed by atoms with Crippen LogP contribution in [0.5, 0.6) is 0 Å². The van der Waals surface area contributed by atoms with Gasteiger partial charge in [0, 0.05) is 25.5 Å². The van der Waals surface area contributed by atoms with Gasteiger partial charge in [-0.15, -0.1) is 11.6 Å². The van der Waals surface area contributed by atoms with E-state index in [1.165, 1.54) is 4.31 Å². The molecule has 1 atom stereocenters. The maximum atomic E-state index is 12.4. The number of hydrogen-bond donors (Lipinski definition) is 0. The van der Waals surface area contributed by atoms with Crippen LogP contribution in [0.2, 0.25) is 0 Å². The van der Waals surface area contributed by atoms with Crippen molar-refractivity contribution in [2.24, 2.45) is 5.92 Å². The fraction of sp³-hybridized carbons (Fsp3) is 1.00. The average molecular weight is 305 g/mol. The van der Waals surface area contributed by atoms with Crippen LogP contribution in [0, 0.1) is 5.92 Å². The lowest BCUT2D eigenvalue weighted by Crippen LogP contribution is -2.49. The molecular weight excluding hydrogens is 286 g/mol. The second-order valence-corrected chi connectivity index (χ2v) is 6.86. The van der Waals surface area contributed by atoms with Crippen LogP contribution < -0.4 is 0 Å². The molecule has 0 aromatic rings. The summed E-state index contributed by atoms with van der Waals surface area (Å²) in [5, 5.41) is 0. The minimum Gasteiger partial charge on any atom is -0.209 e. The van der Waals surface area contributed by atoms with Crippen molar-refractivity contribution in [2.45, 2.75) is 26.2 Å². The highest BCUT2D eigenvalue weighted by atomic mass is 35.5. The van der Waals surface area contributed by atoms with Gasteiger partial charge in [0.25, 0.3) is 16.6 Å². The summed E-state index contributed by atoms with van der Waals surface area (Å²) >= 11 is 5.48. The monoisotopic (exact) mass is 304 g/mol. The molecule has 0 bridgehead atoms. The Kier molecular flexibility index (Phi) is 6.23. The molecule has 0 N–H and O–H groups in total. The molecule has 0 aromatic carbocycles. The Morgan fingerprint density at radius 1 is 1.50 bits per heavy atom. The fourth-order valence-corrected chi connectivity index (χ4v) is 4.12. The van der Waals surface area contributed by atoms with E-state index in [9.17, 15) is 17.2 Å².